The third kappa shape index (κ3) is 140. The van der Waals surface area contributed by atoms with Crippen LogP contribution in [0.5, 0.6) is 0 Å². The topological polar surface area (TPSA) is 105 Å². The lowest BCUT2D eigenvalue weighted by molar-refractivity contribution is -0.138. The number of hydrogen-bond donors (Lipinski definition) is 0. The quantitative estimate of drug-likeness (QED) is 0.0257. The molecule has 796 valence electrons. The zero-order valence-corrected chi connectivity index (χ0v) is 92.2. The number of carbonyl (C=O) groups is 4. The first-order valence-electron chi connectivity index (χ1n) is 61.4. The minimum absolute atomic E-state index is 0.296. The van der Waals surface area contributed by atoms with E-state index in [1.165, 1.54) is 679 Å². The molecule has 0 aliphatic heterocycles. The maximum Gasteiger partial charge on any atom is 0.330 e. The van der Waals surface area contributed by atoms with Gasteiger partial charge in [0, 0.05) is 24.3 Å². The molecule has 134 heavy (non-hydrogen) atoms. The van der Waals surface area contributed by atoms with Gasteiger partial charge >= 0.3 is 23.9 Å². The lowest BCUT2D eigenvalue weighted by Gasteiger charge is -2.05. The first-order valence-corrected chi connectivity index (χ1v) is 61.4. The van der Waals surface area contributed by atoms with Crippen molar-refractivity contribution in [1.82, 2.24) is 0 Å². The zero-order valence-electron chi connectivity index (χ0n) is 92.2. The van der Waals surface area contributed by atoms with Crippen LogP contribution in [0, 0.1) is 0 Å². The van der Waals surface area contributed by atoms with Crippen LogP contribution in [-0.4, -0.2) is 50.3 Å². The first kappa shape index (κ1) is 137. The van der Waals surface area contributed by atoms with E-state index < -0.39 is 0 Å². The summed E-state index contributed by atoms with van der Waals surface area (Å²) in [6.45, 7) is 25.0. The van der Waals surface area contributed by atoms with Crippen molar-refractivity contribution in [1.29, 1.82) is 0 Å². The van der Waals surface area contributed by atoms with Crippen LogP contribution in [0.4, 0.5) is 0 Å². The number of esters is 4. The number of rotatable bonds is 114. The third-order valence-electron chi connectivity index (χ3n) is 28.1. The molecule has 0 unspecified atom stereocenters. The van der Waals surface area contributed by atoms with E-state index in [1.807, 2.05) is 0 Å². The molecule has 0 spiro atoms. The van der Waals surface area contributed by atoms with Gasteiger partial charge in [-0.25, -0.2) is 19.2 Å². The Morgan fingerprint density at radius 1 is 0.119 bits per heavy atom. The van der Waals surface area contributed by atoms with Crippen molar-refractivity contribution in [3.05, 3.63) is 50.6 Å². The molecule has 0 amide bonds. The Morgan fingerprint density at radius 2 is 0.179 bits per heavy atom. The summed E-state index contributed by atoms with van der Waals surface area (Å²) in [5.41, 5.74) is 0. The number of hydrogen-bond acceptors (Lipinski definition) is 8. The van der Waals surface area contributed by atoms with E-state index >= 15 is 0 Å². The van der Waals surface area contributed by atoms with Crippen LogP contribution in [-0.2, 0) is 38.1 Å². The van der Waals surface area contributed by atoms with Gasteiger partial charge in [0.15, 0.2) is 0 Å². The lowest BCUT2D eigenvalue weighted by atomic mass is 10.0. The van der Waals surface area contributed by atoms with Crippen LogP contribution in [0.25, 0.3) is 0 Å². The van der Waals surface area contributed by atoms with Gasteiger partial charge in [0.05, 0.1) is 26.4 Å². The molecular formula is C126H244O8. The van der Waals surface area contributed by atoms with Gasteiger partial charge in [-0.05, 0) is 25.7 Å². The highest BCUT2D eigenvalue weighted by molar-refractivity contribution is 5.82. The van der Waals surface area contributed by atoms with Crippen molar-refractivity contribution in [2.24, 2.45) is 0 Å². The zero-order chi connectivity index (χ0) is 97.7. The van der Waals surface area contributed by atoms with E-state index in [0.29, 0.717) is 26.4 Å². The predicted octanol–water partition coefficient (Wildman–Crippen LogP) is 44.3. The molecule has 0 radical (unpaired) electrons. The van der Waals surface area contributed by atoms with Gasteiger partial charge < -0.3 is 18.9 Å². The Kier molecular flexibility index (Phi) is 137. The van der Waals surface area contributed by atoms with E-state index in [2.05, 4.69) is 54.0 Å². The van der Waals surface area contributed by atoms with Crippen molar-refractivity contribution in [3.63, 3.8) is 0 Å². The van der Waals surface area contributed by atoms with Crippen LogP contribution in [0.1, 0.15) is 708 Å². The van der Waals surface area contributed by atoms with E-state index in [9.17, 15) is 19.2 Å². The van der Waals surface area contributed by atoms with E-state index in [1.54, 1.807) is 0 Å². The monoisotopic (exact) mass is 1890 g/mol. The SMILES string of the molecule is C=CC(=O)OCCCCCCCCCCCCCCCCCCCCCCCCCCC.C=CC(=O)OCCCCCCCCCCCCCCCCCCCCCCCCCCCC.C=CC(=O)OCCCCCCCCCCCCCCCCCCCCCCCCCCCCC.C=CC(=O)OCCCCCCCCCCCCCCCCCCCCCCCCCCCCCC. The van der Waals surface area contributed by atoms with E-state index in [4.69, 9.17) is 18.9 Å². The average molecular weight is 1890 g/mol. The normalized spacial score (nSPS) is 11.1. The van der Waals surface area contributed by atoms with E-state index in [-0.39, 0.29) is 23.9 Å². The number of unbranched alkanes of at least 4 members (excludes halogenated alkanes) is 102. The summed E-state index contributed by atoms with van der Waals surface area (Å²) in [5.74, 6) is -1.19. The Morgan fingerprint density at radius 3 is 0.239 bits per heavy atom. The van der Waals surface area contributed by atoms with Crippen molar-refractivity contribution in [2.45, 2.75) is 708 Å². The summed E-state index contributed by atoms with van der Waals surface area (Å²) in [5, 5.41) is 0. The maximum atomic E-state index is 10.9. The molecule has 0 N–H and O–H groups in total. The van der Waals surface area contributed by atoms with Crippen molar-refractivity contribution >= 4 is 23.9 Å². The molecule has 0 saturated heterocycles. The van der Waals surface area contributed by atoms with Crippen molar-refractivity contribution in [2.75, 3.05) is 26.4 Å². The maximum absolute atomic E-state index is 10.9. The van der Waals surface area contributed by atoms with Crippen LogP contribution in [0.2, 0.25) is 0 Å². The molecule has 0 aliphatic carbocycles. The van der Waals surface area contributed by atoms with Crippen LogP contribution < -0.4 is 0 Å². The molecule has 8 heteroatoms. The fourth-order valence-corrected chi connectivity index (χ4v) is 19.0. The number of ether oxygens (including phenoxy) is 4. The minimum Gasteiger partial charge on any atom is -0.463 e. The minimum atomic E-state index is -0.297. The number of carbonyl (C=O) groups excluding carboxylic acids is 4. The molecule has 0 bridgehead atoms. The second-order valence-electron chi connectivity index (χ2n) is 41.5. The van der Waals surface area contributed by atoms with Crippen LogP contribution >= 0.6 is 0 Å². The van der Waals surface area contributed by atoms with Crippen molar-refractivity contribution in [3.8, 4) is 0 Å². The molecule has 0 rings (SSSR count). The molecule has 8 nitrogen and oxygen atoms in total. The highest BCUT2D eigenvalue weighted by Gasteiger charge is 2.07. The third-order valence-corrected chi connectivity index (χ3v) is 28.1. The molecule has 0 aromatic carbocycles. The van der Waals surface area contributed by atoms with Gasteiger partial charge in [-0.1, -0.05) is 709 Å². The summed E-state index contributed by atoms with van der Waals surface area (Å²) < 4.78 is 20.0. The molecule has 0 saturated carbocycles. The average Bonchev–Trinajstić information content (AvgIpc) is 1.08. The van der Waals surface area contributed by atoms with Gasteiger partial charge in [-0.2, -0.15) is 0 Å². The molecule has 0 aliphatic rings. The van der Waals surface area contributed by atoms with Gasteiger partial charge in [0.2, 0.25) is 0 Å². The smallest absolute Gasteiger partial charge is 0.330 e. The largest absolute Gasteiger partial charge is 0.463 e. The molecular weight excluding hydrogens is 1640 g/mol. The van der Waals surface area contributed by atoms with Gasteiger partial charge in [0.1, 0.15) is 0 Å². The Balaban J connectivity index is -0.000000841. The highest BCUT2D eigenvalue weighted by atomic mass is 16.5. The molecule has 0 aromatic rings. The van der Waals surface area contributed by atoms with Gasteiger partial charge in [0.25, 0.3) is 0 Å². The van der Waals surface area contributed by atoms with Gasteiger partial charge in [-0.3, -0.25) is 0 Å². The van der Waals surface area contributed by atoms with Crippen LogP contribution in [0.3, 0.4) is 0 Å². The Labute approximate surface area is 842 Å². The van der Waals surface area contributed by atoms with Crippen molar-refractivity contribution < 1.29 is 38.1 Å². The first-order chi connectivity index (χ1) is 66.2. The predicted molar refractivity (Wildman–Crippen MR) is 597 cm³/mol. The molecule has 0 atom stereocenters. The summed E-state index contributed by atoms with van der Waals surface area (Å²) in [4.78, 5) is 43.7. The standard InChI is InChI=1S/C33H64O2.C32H62O2.C31H60O2.C30H58O2/c1-3-5-6-7-8-9-10-11-12-13-14-15-16-17-18-19-20-21-22-23-24-25-26-27-28-29-30-31-32-35-33(34)4-2;1-3-5-6-7-8-9-10-11-12-13-14-15-16-17-18-19-20-21-22-23-24-25-26-27-28-29-30-31-34-32(33)4-2;1-3-5-6-7-8-9-10-11-12-13-14-15-16-17-18-19-20-21-22-23-24-25-26-27-28-29-30-33-31(32)4-2;1-3-5-6-7-8-9-10-11-12-13-14-15-16-17-18-19-20-21-22-23-24-25-26-27-28-29-32-30(31)4-2/h4H,2-3,5-32H2,1H3;4H,2-3,5-31H2,1H3;4H,2-3,5-30H2,1H3;4H,2-3,5-29H2,1H3. The second kappa shape index (κ2) is 134. The molecule has 0 heterocycles. The van der Waals surface area contributed by atoms with Crippen LogP contribution in [0.15, 0.2) is 50.6 Å². The Hall–Kier alpha value is -3.16. The van der Waals surface area contributed by atoms with E-state index in [0.717, 1.165) is 25.7 Å². The summed E-state index contributed by atoms with van der Waals surface area (Å²) in [7, 11) is 0. The summed E-state index contributed by atoms with van der Waals surface area (Å²) in [6.07, 6.45) is 154. The fourth-order valence-electron chi connectivity index (χ4n) is 19.0. The fraction of sp³-hybridized carbons (Fsp3) is 0.905. The lowest BCUT2D eigenvalue weighted by Crippen LogP contribution is -2.01. The molecule has 0 fully saturated rings. The summed E-state index contributed by atoms with van der Waals surface area (Å²) >= 11 is 0. The Bertz CT molecular complexity index is 2190. The second-order valence-corrected chi connectivity index (χ2v) is 41.5. The summed E-state index contributed by atoms with van der Waals surface area (Å²) in [6, 6.07) is 0. The molecule has 0 aromatic heterocycles. The highest BCUT2D eigenvalue weighted by Crippen LogP contribution is 2.24. The van der Waals surface area contributed by atoms with Gasteiger partial charge in [-0.15, -0.1) is 0 Å².